The van der Waals surface area contributed by atoms with Crippen LogP contribution in [0.1, 0.15) is 12.5 Å². The fourth-order valence-corrected chi connectivity index (χ4v) is 3.47. The Labute approximate surface area is 174 Å². The molecule has 0 saturated carbocycles. The molecule has 0 spiro atoms. The Morgan fingerprint density at radius 1 is 1.14 bits per heavy atom. The Balaban J connectivity index is 1.68. The van der Waals surface area contributed by atoms with Crippen molar-refractivity contribution in [1.29, 1.82) is 0 Å². The molecule has 0 atom stereocenters. The third-order valence-corrected chi connectivity index (χ3v) is 4.90. The number of benzene rings is 2. The van der Waals surface area contributed by atoms with Crippen LogP contribution in [0.2, 0.25) is 0 Å². The molecule has 2 aliphatic heterocycles. The van der Waals surface area contributed by atoms with Crippen LogP contribution in [0.15, 0.2) is 46.4 Å². The summed E-state index contributed by atoms with van der Waals surface area (Å²) >= 11 is 3.40. The third-order valence-electron chi connectivity index (χ3n) is 4.28. The zero-order valence-corrected chi connectivity index (χ0v) is 16.8. The molecule has 8 nitrogen and oxygen atoms in total. The smallest absolute Gasteiger partial charge is 0.335 e. The molecule has 4 amide bonds. The summed E-state index contributed by atoms with van der Waals surface area (Å²) in [6.07, 6.45) is 1.42. The van der Waals surface area contributed by atoms with Crippen molar-refractivity contribution in [3.63, 3.8) is 0 Å². The van der Waals surface area contributed by atoms with Crippen molar-refractivity contribution < 1.29 is 28.6 Å². The van der Waals surface area contributed by atoms with Gasteiger partial charge in [-0.2, -0.15) is 0 Å². The molecule has 2 heterocycles. The van der Waals surface area contributed by atoms with Crippen molar-refractivity contribution >= 4 is 45.5 Å². The van der Waals surface area contributed by atoms with E-state index in [1.54, 1.807) is 30.3 Å². The molecule has 9 heteroatoms. The minimum atomic E-state index is -0.830. The SMILES string of the molecule is CCOc1ccc(/C=C2\C(=O)NC(=O)N(c3ccc4c(c3)OCO4)C2=O)cc1Br. The van der Waals surface area contributed by atoms with Gasteiger partial charge in [0.05, 0.1) is 16.8 Å². The summed E-state index contributed by atoms with van der Waals surface area (Å²) in [5.74, 6) is 0.0847. The van der Waals surface area contributed by atoms with E-state index in [9.17, 15) is 14.4 Å². The number of hydrogen-bond acceptors (Lipinski definition) is 6. The molecule has 1 fully saturated rings. The number of urea groups is 1. The van der Waals surface area contributed by atoms with Gasteiger partial charge in [0.2, 0.25) is 6.79 Å². The second-order valence-corrected chi connectivity index (χ2v) is 6.97. The molecular weight excluding hydrogens is 444 g/mol. The molecule has 2 aromatic carbocycles. The largest absolute Gasteiger partial charge is 0.493 e. The van der Waals surface area contributed by atoms with Crippen LogP contribution in [-0.2, 0) is 9.59 Å². The van der Waals surface area contributed by atoms with Crippen LogP contribution in [0.25, 0.3) is 6.08 Å². The van der Waals surface area contributed by atoms with Gasteiger partial charge in [-0.05, 0) is 58.8 Å². The normalized spacial score (nSPS) is 17.0. The minimum Gasteiger partial charge on any atom is -0.493 e. The summed E-state index contributed by atoms with van der Waals surface area (Å²) in [5, 5.41) is 2.19. The van der Waals surface area contributed by atoms with Gasteiger partial charge in [0.15, 0.2) is 11.5 Å². The van der Waals surface area contributed by atoms with E-state index >= 15 is 0 Å². The van der Waals surface area contributed by atoms with Crippen molar-refractivity contribution in [2.24, 2.45) is 0 Å². The van der Waals surface area contributed by atoms with Crippen molar-refractivity contribution in [2.75, 3.05) is 18.3 Å². The van der Waals surface area contributed by atoms with Crippen LogP contribution < -0.4 is 24.4 Å². The van der Waals surface area contributed by atoms with E-state index in [0.29, 0.717) is 33.9 Å². The molecular formula is C20H15BrN2O6. The van der Waals surface area contributed by atoms with Gasteiger partial charge in [-0.1, -0.05) is 6.07 Å². The quantitative estimate of drug-likeness (QED) is 0.558. The number of nitrogens with one attached hydrogen (secondary N) is 1. The highest BCUT2D eigenvalue weighted by atomic mass is 79.9. The van der Waals surface area contributed by atoms with E-state index in [0.717, 1.165) is 4.90 Å². The Morgan fingerprint density at radius 3 is 2.69 bits per heavy atom. The van der Waals surface area contributed by atoms with Gasteiger partial charge in [0.25, 0.3) is 11.8 Å². The lowest BCUT2D eigenvalue weighted by atomic mass is 10.1. The van der Waals surface area contributed by atoms with Crippen molar-refractivity contribution in [1.82, 2.24) is 5.32 Å². The number of rotatable bonds is 4. The number of halogens is 1. The Bertz CT molecular complexity index is 1060. The van der Waals surface area contributed by atoms with Crippen LogP contribution >= 0.6 is 15.9 Å². The molecule has 0 aliphatic carbocycles. The maximum absolute atomic E-state index is 13.0. The number of anilines is 1. The second kappa shape index (κ2) is 7.59. The van der Waals surface area contributed by atoms with Crippen LogP contribution in [0.3, 0.4) is 0 Å². The lowest BCUT2D eigenvalue weighted by Gasteiger charge is -2.26. The molecule has 148 valence electrons. The molecule has 29 heavy (non-hydrogen) atoms. The number of ether oxygens (including phenoxy) is 3. The first-order valence-corrected chi connectivity index (χ1v) is 9.50. The van der Waals surface area contributed by atoms with Gasteiger partial charge in [0.1, 0.15) is 11.3 Å². The summed E-state index contributed by atoms with van der Waals surface area (Å²) in [6, 6.07) is 8.99. The van der Waals surface area contributed by atoms with Crippen LogP contribution in [0, 0.1) is 0 Å². The number of imide groups is 2. The fraction of sp³-hybridized carbons (Fsp3) is 0.150. The third kappa shape index (κ3) is 3.56. The predicted octanol–water partition coefficient (Wildman–Crippen LogP) is 3.24. The maximum atomic E-state index is 13.0. The summed E-state index contributed by atoms with van der Waals surface area (Å²) in [7, 11) is 0. The minimum absolute atomic E-state index is 0.0647. The molecule has 2 aromatic rings. The van der Waals surface area contributed by atoms with Gasteiger partial charge in [-0.15, -0.1) is 0 Å². The molecule has 4 rings (SSSR count). The molecule has 0 unspecified atom stereocenters. The monoisotopic (exact) mass is 458 g/mol. The van der Waals surface area contributed by atoms with Crippen LogP contribution in [0.4, 0.5) is 10.5 Å². The zero-order chi connectivity index (χ0) is 20.5. The summed E-state index contributed by atoms with van der Waals surface area (Å²) < 4.78 is 16.7. The standard InChI is InChI=1S/C20H15BrN2O6/c1-2-27-15-5-3-11(8-14(15)21)7-13-18(24)22-20(26)23(19(13)25)12-4-6-16-17(9-12)29-10-28-16/h3-9H,2,10H2,1H3,(H,22,24,26)/b13-7+. The molecule has 0 bridgehead atoms. The number of hydrogen-bond donors (Lipinski definition) is 1. The van der Waals surface area contributed by atoms with Crippen molar-refractivity contribution in [3.8, 4) is 17.2 Å². The fourth-order valence-electron chi connectivity index (χ4n) is 2.96. The number of carbonyl (C=O) groups is 3. The van der Waals surface area contributed by atoms with Gasteiger partial charge < -0.3 is 14.2 Å². The van der Waals surface area contributed by atoms with E-state index in [2.05, 4.69) is 21.2 Å². The first-order chi connectivity index (χ1) is 14.0. The van der Waals surface area contributed by atoms with E-state index < -0.39 is 17.8 Å². The number of nitrogens with zero attached hydrogens (tertiary/aromatic N) is 1. The summed E-state index contributed by atoms with van der Waals surface area (Å²) in [4.78, 5) is 38.5. The second-order valence-electron chi connectivity index (χ2n) is 6.12. The molecule has 2 aliphatic rings. The van der Waals surface area contributed by atoms with Gasteiger partial charge >= 0.3 is 6.03 Å². The lowest BCUT2D eigenvalue weighted by Crippen LogP contribution is -2.54. The Kier molecular flexibility index (Phi) is 4.98. The lowest BCUT2D eigenvalue weighted by molar-refractivity contribution is -0.122. The highest BCUT2D eigenvalue weighted by Gasteiger charge is 2.37. The predicted molar refractivity (Wildman–Crippen MR) is 107 cm³/mol. The summed E-state index contributed by atoms with van der Waals surface area (Å²) in [5.41, 5.74) is 0.695. The van der Waals surface area contributed by atoms with Gasteiger partial charge in [-0.25, -0.2) is 9.69 Å². The zero-order valence-electron chi connectivity index (χ0n) is 15.2. The number of fused-ring (bicyclic) bond motifs is 1. The average molecular weight is 459 g/mol. The van der Waals surface area contributed by atoms with E-state index in [-0.39, 0.29) is 18.1 Å². The Hall–Kier alpha value is -3.33. The first-order valence-electron chi connectivity index (χ1n) is 8.71. The van der Waals surface area contributed by atoms with Crippen LogP contribution in [0.5, 0.6) is 17.2 Å². The number of amides is 4. The van der Waals surface area contributed by atoms with Gasteiger partial charge in [0, 0.05) is 6.07 Å². The van der Waals surface area contributed by atoms with Crippen molar-refractivity contribution in [3.05, 3.63) is 52.0 Å². The average Bonchev–Trinajstić information content (AvgIpc) is 3.15. The molecule has 0 aromatic heterocycles. The van der Waals surface area contributed by atoms with E-state index in [4.69, 9.17) is 14.2 Å². The molecule has 1 saturated heterocycles. The van der Waals surface area contributed by atoms with Gasteiger partial charge in [-0.3, -0.25) is 14.9 Å². The topological polar surface area (TPSA) is 94.2 Å². The van der Waals surface area contributed by atoms with E-state index in [1.807, 2.05) is 6.92 Å². The first kappa shape index (κ1) is 19.0. The highest BCUT2D eigenvalue weighted by Crippen LogP contribution is 2.36. The maximum Gasteiger partial charge on any atom is 0.335 e. The number of carbonyl (C=O) groups excluding carboxylic acids is 3. The highest BCUT2D eigenvalue weighted by molar-refractivity contribution is 9.10. The van der Waals surface area contributed by atoms with Crippen molar-refractivity contribution in [2.45, 2.75) is 6.92 Å². The molecule has 0 radical (unpaired) electrons. The molecule has 1 N–H and O–H groups in total. The van der Waals surface area contributed by atoms with Crippen LogP contribution in [-0.4, -0.2) is 31.2 Å². The Morgan fingerprint density at radius 2 is 1.93 bits per heavy atom. The number of barbiturate groups is 1. The summed E-state index contributed by atoms with van der Waals surface area (Å²) in [6.45, 7) is 2.44. The van der Waals surface area contributed by atoms with E-state index in [1.165, 1.54) is 12.1 Å².